The van der Waals surface area contributed by atoms with Gasteiger partial charge in [-0.3, -0.25) is 4.68 Å². The molecule has 0 aromatic carbocycles. The Balaban J connectivity index is 2.20. The first-order valence-corrected chi connectivity index (χ1v) is 6.47. The Morgan fingerprint density at radius 2 is 2.05 bits per heavy atom. The summed E-state index contributed by atoms with van der Waals surface area (Å²) in [6, 6.07) is 0. The highest BCUT2D eigenvalue weighted by Gasteiger charge is 2.27. The third-order valence-electron chi connectivity index (χ3n) is 2.51. The number of nitrogens with zero attached hydrogens (tertiary/aromatic N) is 3. The molecule has 0 unspecified atom stereocenters. The molecular formula is C11H10F5N3S. The molecule has 0 radical (unpaired) electrons. The Kier molecular flexibility index (Phi) is 4.07. The van der Waals surface area contributed by atoms with Crippen LogP contribution < -0.4 is 0 Å². The molecule has 2 aromatic rings. The highest BCUT2D eigenvalue weighted by molar-refractivity contribution is 7.09. The van der Waals surface area contributed by atoms with Gasteiger partial charge in [-0.15, -0.1) is 11.3 Å². The van der Waals surface area contributed by atoms with Gasteiger partial charge in [0.1, 0.15) is 5.69 Å². The molecule has 0 amide bonds. The van der Waals surface area contributed by atoms with E-state index in [1.54, 1.807) is 0 Å². The van der Waals surface area contributed by atoms with Crippen LogP contribution in [0.1, 0.15) is 23.5 Å². The number of halogens is 5. The van der Waals surface area contributed by atoms with Crippen molar-refractivity contribution in [3.8, 4) is 11.3 Å². The first kappa shape index (κ1) is 14.9. The van der Waals surface area contributed by atoms with Gasteiger partial charge in [-0.2, -0.15) is 18.3 Å². The van der Waals surface area contributed by atoms with Crippen LogP contribution in [0.15, 0.2) is 11.6 Å². The first-order chi connectivity index (χ1) is 9.26. The normalized spacial score (nSPS) is 12.3. The van der Waals surface area contributed by atoms with E-state index in [1.807, 2.05) is 0 Å². The molecule has 2 aromatic heterocycles. The maximum atomic E-state index is 12.8. The number of hydrogen-bond donors (Lipinski definition) is 0. The molecular weight excluding hydrogens is 301 g/mol. The number of aryl methyl sites for hydroxylation is 2. The van der Waals surface area contributed by atoms with Crippen LogP contribution in [-0.2, 0) is 13.5 Å². The average Bonchev–Trinajstić information content (AvgIpc) is 2.91. The summed E-state index contributed by atoms with van der Waals surface area (Å²) < 4.78 is 63.1. The highest BCUT2D eigenvalue weighted by atomic mass is 32.1. The van der Waals surface area contributed by atoms with Gasteiger partial charge in [-0.05, 0) is 0 Å². The van der Waals surface area contributed by atoms with Crippen LogP contribution in [-0.4, -0.2) is 20.9 Å². The second kappa shape index (κ2) is 5.47. The summed E-state index contributed by atoms with van der Waals surface area (Å²) in [5.41, 5.74) is -0.0345. The molecule has 0 spiro atoms. The molecule has 0 atom stereocenters. The number of aromatic nitrogens is 3. The van der Waals surface area contributed by atoms with Crippen molar-refractivity contribution >= 4 is 11.3 Å². The van der Waals surface area contributed by atoms with Crippen LogP contribution in [0, 0.1) is 0 Å². The van der Waals surface area contributed by atoms with Crippen LogP contribution in [0.5, 0.6) is 0 Å². The van der Waals surface area contributed by atoms with Gasteiger partial charge >= 0.3 is 6.18 Å². The van der Waals surface area contributed by atoms with Gasteiger partial charge in [0, 0.05) is 37.0 Å². The number of rotatable bonds is 4. The molecule has 0 N–H and O–H groups in total. The number of thiazole rings is 1. The lowest BCUT2D eigenvalue weighted by molar-refractivity contribution is -0.133. The molecule has 0 fully saturated rings. The van der Waals surface area contributed by atoms with E-state index < -0.39 is 24.7 Å². The summed E-state index contributed by atoms with van der Waals surface area (Å²) in [5, 5.41) is 5.36. The molecule has 2 rings (SSSR count). The van der Waals surface area contributed by atoms with E-state index in [0.29, 0.717) is 0 Å². The quantitative estimate of drug-likeness (QED) is 0.800. The molecule has 3 nitrogen and oxygen atoms in total. The van der Waals surface area contributed by atoms with E-state index >= 15 is 0 Å². The summed E-state index contributed by atoms with van der Waals surface area (Å²) in [4.78, 5) is 3.97. The van der Waals surface area contributed by atoms with Crippen molar-refractivity contribution in [3.05, 3.63) is 22.3 Å². The fourth-order valence-electron chi connectivity index (χ4n) is 1.66. The van der Waals surface area contributed by atoms with E-state index in [9.17, 15) is 22.0 Å². The molecule has 0 saturated heterocycles. The Morgan fingerprint density at radius 1 is 1.35 bits per heavy atom. The van der Waals surface area contributed by atoms with Gasteiger partial charge in [0.05, 0.1) is 10.7 Å². The second-order valence-electron chi connectivity index (χ2n) is 4.14. The maximum absolute atomic E-state index is 12.8. The third kappa shape index (κ3) is 3.53. The molecule has 9 heteroatoms. The first-order valence-electron chi connectivity index (χ1n) is 5.59. The summed E-state index contributed by atoms with van der Waals surface area (Å²) in [6.45, 7) is 0. The van der Waals surface area contributed by atoms with E-state index in [0.717, 1.165) is 11.3 Å². The Bertz CT molecular complexity index is 587. The summed E-state index contributed by atoms with van der Waals surface area (Å²) in [7, 11) is 1.49. The van der Waals surface area contributed by atoms with Gasteiger partial charge < -0.3 is 0 Å². The van der Waals surface area contributed by atoms with Crippen molar-refractivity contribution in [3.63, 3.8) is 0 Å². The monoisotopic (exact) mass is 311 g/mol. The minimum Gasteiger partial charge on any atom is -0.275 e. The van der Waals surface area contributed by atoms with Crippen LogP contribution in [0.2, 0.25) is 0 Å². The van der Waals surface area contributed by atoms with Gasteiger partial charge in [0.2, 0.25) is 0 Å². The number of alkyl halides is 5. The average molecular weight is 311 g/mol. The van der Waals surface area contributed by atoms with Crippen molar-refractivity contribution in [1.29, 1.82) is 0 Å². The Hall–Kier alpha value is -1.51. The predicted molar refractivity (Wildman–Crippen MR) is 63.6 cm³/mol. The molecule has 110 valence electrons. The molecule has 0 bridgehead atoms. The minimum atomic E-state index is -4.26. The maximum Gasteiger partial charge on any atom is 0.389 e. The van der Waals surface area contributed by atoms with Crippen LogP contribution in [0.3, 0.4) is 0 Å². The smallest absolute Gasteiger partial charge is 0.275 e. The fraction of sp³-hybridized carbons (Fsp3) is 0.455. The van der Waals surface area contributed by atoms with Crippen molar-refractivity contribution in [2.45, 2.75) is 25.4 Å². The minimum absolute atomic E-state index is 0.150. The largest absolute Gasteiger partial charge is 0.389 e. The molecule has 2 heterocycles. The third-order valence-corrected chi connectivity index (χ3v) is 3.42. The van der Waals surface area contributed by atoms with E-state index in [4.69, 9.17) is 0 Å². The zero-order valence-corrected chi connectivity index (χ0v) is 11.1. The highest BCUT2D eigenvalue weighted by Crippen LogP contribution is 2.31. The molecule has 0 aliphatic rings. The number of hydrogen-bond acceptors (Lipinski definition) is 3. The molecule has 0 aliphatic carbocycles. The lowest BCUT2D eigenvalue weighted by Gasteiger charge is -2.02. The summed E-state index contributed by atoms with van der Waals surface area (Å²) >= 11 is 1.02. The van der Waals surface area contributed by atoms with E-state index in [2.05, 4.69) is 10.1 Å². The lowest BCUT2D eigenvalue weighted by atomic mass is 10.2. The van der Waals surface area contributed by atoms with Crippen LogP contribution in [0.25, 0.3) is 11.3 Å². The van der Waals surface area contributed by atoms with E-state index in [-0.39, 0.29) is 22.7 Å². The molecule has 0 aliphatic heterocycles. The Morgan fingerprint density at radius 3 is 2.65 bits per heavy atom. The van der Waals surface area contributed by atoms with Crippen molar-refractivity contribution in [1.82, 2.24) is 14.8 Å². The lowest BCUT2D eigenvalue weighted by Crippen LogP contribution is -2.08. The zero-order chi connectivity index (χ0) is 14.9. The summed E-state index contributed by atoms with van der Waals surface area (Å²) in [5.74, 6) is 0. The van der Waals surface area contributed by atoms with Crippen molar-refractivity contribution in [2.24, 2.45) is 7.05 Å². The molecule has 0 saturated carbocycles. The topological polar surface area (TPSA) is 30.7 Å². The SMILES string of the molecule is Cn1cc(-c2csc(CCC(F)(F)F)n2)c(C(F)F)n1. The van der Waals surface area contributed by atoms with Crippen molar-refractivity contribution < 1.29 is 22.0 Å². The van der Waals surface area contributed by atoms with Crippen molar-refractivity contribution in [2.75, 3.05) is 0 Å². The summed E-state index contributed by atoms with van der Waals surface area (Å²) in [6.07, 6.45) is -6.86. The Labute approximate surface area is 115 Å². The van der Waals surface area contributed by atoms with Gasteiger partial charge in [0.15, 0.2) is 0 Å². The van der Waals surface area contributed by atoms with Gasteiger partial charge in [-0.25, -0.2) is 13.8 Å². The zero-order valence-electron chi connectivity index (χ0n) is 10.3. The van der Waals surface area contributed by atoms with Crippen LogP contribution >= 0.6 is 11.3 Å². The van der Waals surface area contributed by atoms with E-state index in [1.165, 1.54) is 23.3 Å². The predicted octanol–water partition coefficient (Wildman–Crippen LogP) is 3.98. The van der Waals surface area contributed by atoms with Gasteiger partial charge in [-0.1, -0.05) is 0 Å². The second-order valence-corrected chi connectivity index (χ2v) is 5.09. The standard InChI is InChI=1S/C11H10F5N3S/c1-19-4-6(9(18-19)10(12)13)7-5-20-8(17-7)2-3-11(14,15)16/h4-5,10H,2-3H2,1H3. The van der Waals surface area contributed by atoms with Gasteiger partial charge in [0.25, 0.3) is 6.43 Å². The molecule has 20 heavy (non-hydrogen) atoms. The fourth-order valence-corrected chi connectivity index (χ4v) is 2.46. The van der Waals surface area contributed by atoms with Crippen LogP contribution in [0.4, 0.5) is 22.0 Å².